The number of nitro groups is 1. The molecule has 1 heterocycles. The van der Waals surface area contributed by atoms with Crippen LogP contribution >= 0.6 is 0 Å². The predicted molar refractivity (Wildman–Crippen MR) is 120 cm³/mol. The molecule has 1 amide bonds. The Hall–Kier alpha value is -3.86. The highest BCUT2D eigenvalue weighted by Gasteiger charge is 2.26. The molecule has 0 atom stereocenters. The van der Waals surface area contributed by atoms with Crippen LogP contribution in [0.3, 0.4) is 0 Å². The van der Waals surface area contributed by atoms with Gasteiger partial charge in [0, 0.05) is 25.2 Å². The molecule has 0 bridgehead atoms. The zero-order chi connectivity index (χ0) is 22.9. The summed E-state index contributed by atoms with van der Waals surface area (Å²) in [5.41, 5.74) is 1.73. The van der Waals surface area contributed by atoms with Crippen LogP contribution in [0.1, 0.15) is 28.8 Å². The molecule has 1 saturated heterocycles. The number of hydrogen-bond donors (Lipinski definition) is 1. The minimum absolute atomic E-state index is 0.0242. The van der Waals surface area contributed by atoms with Gasteiger partial charge in [0.25, 0.3) is 11.6 Å². The van der Waals surface area contributed by atoms with E-state index in [9.17, 15) is 19.7 Å². The van der Waals surface area contributed by atoms with Crippen LogP contribution in [-0.4, -0.2) is 43.0 Å². The van der Waals surface area contributed by atoms with E-state index < -0.39 is 23.4 Å². The van der Waals surface area contributed by atoms with Crippen LogP contribution in [0.15, 0.2) is 48.5 Å². The monoisotopic (exact) mass is 435 g/mol. The van der Waals surface area contributed by atoms with E-state index in [0.717, 1.165) is 32.4 Å². The normalized spacial score (nSPS) is 13.8. The standard InChI is InChI=1S/C24H25N3O5/c1-2-12-25-23(28)17-32-24(29)21-16-20(27(30)31)8-9-22(21)26-13-10-19(11-14-26)15-18-6-4-3-5-7-18/h1,3-9,16,19H,10-15,17H2,(H,25,28). The lowest BCUT2D eigenvalue weighted by molar-refractivity contribution is -0.384. The van der Waals surface area contributed by atoms with E-state index in [2.05, 4.69) is 23.4 Å². The van der Waals surface area contributed by atoms with Gasteiger partial charge in [-0.05, 0) is 36.8 Å². The number of piperidine rings is 1. The Kier molecular flexibility index (Phi) is 7.81. The smallest absolute Gasteiger partial charge is 0.341 e. The number of non-ortho nitro benzene ring substituents is 1. The summed E-state index contributed by atoms with van der Waals surface area (Å²) in [5, 5.41) is 13.6. The molecule has 1 aliphatic heterocycles. The number of amides is 1. The summed E-state index contributed by atoms with van der Waals surface area (Å²) in [6.07, 6.45) is 7.96. The average molecular weight is 435 g/mol. The number of nitrogens with one attached hydrogen (secondary N) is 1. The number of esters is 1. The van der Waals surface area contributed by atoms with Crippen molar-refractivity contribution in [2.45, 2.75) is 19.3 Å². The second-order valence-corrected chi connectivity index (χ2v) is 7.64. The highest BCUT2D eigenvalue weighted by Crippen LogP contribution is 2.31. The number of anilines is 1. The number of hydrogen-bond acceptors (Lipinski definition) is 6. The van der Waals surface area contributed by atoms with E-state index in [0.29, 0.717) is 11.6 Å². The van der Waals surface area contributed by atoms with Crippen molar-refractivity contribution in [2.24, 2.45) is 5.92 Å². The second kappa shape index (κ2) is 11.0. The molecule has 8 heteroatoms. The highest BCUT2D eigenvalue weighted by atomic mass is 16.6. The Morgan fingerprint density at radius 1 is 1.19 bits per heavy atom. The molecule has 1 fully saturated rings. The second-order valence-electron chi connectivity index (χ2n) is 7.64. The fourth-order valence-corrected chi connectivity index (χ4v) is 3.81. The van der Waals surface area contributed by atoms with Crippen LogP contribution < -0.4 is 10.2 Å². The molecule has 32 heavy (non-hydrogen) atoms. The number of ether oxygens (including phenoxy) is 1. The van der Waals surface area contributed by atoms with Gasteiger partial charge in [0.1, 0.15) is 0 Å². The van der Waals surface area contributed by atoms with Gasteiger partial charge in [-0.15, -0.1) is 6.42 Å². The predicted octanol–water partition coefficient (Wildman–Crippen LogP) is 2.96. The van der Waals surface area contributed by atoms with Crippen LogP contribution in [0.4, 0.5) is 11.4 Å². The third-order valence-electron chi connectivity index (χ3n) is 5.46. The molecule has 1 N–H and O–H groups in total. The van der Waals surface area contributed by atoms with Crippen molar-refractivity contribution < 1.29 is 19.2 Å². The van der Waals surface area contributed by atoms with Crippen molar-refractivity contribution in [3.63, 3.8) is 0 Å². The van der Waals surface area contributed by atoms with Crippen molar-refractivity contribution in [1.82, 2.24) is 5.32 Å². The summed E-state index contributed by atoms with van der Waals surface area (Å²) < 4.78 is 5.08. The van der Waals surface area contributed by atoms with Crippen molar-refractivity contribution in [3.8, 4) is 12.3 Å². The number of nitrogens with zero attached hydrogens (tertiary/aromatic N) is 2. The number of terminal acetylenes is 1. The van der Waals surface area contributed by atoms with E-state index in [1.54, 1.807) is 6.07 Å². The third-order valence-corrected chi connectivity index (χ3v) is 5.46. The maximum Gasteiger partial charge on any atom is 0.341 e. The molecule has 3 rings (SSSR count). The fourth-order valence-electron chi connectivity index (χ4n) is 3.81. The number of nitro benzene ring substituents is 1. The summed E-state index contributed by atoms with van der Waals surface area (Å²) in [6, 6.07) is 14.5. The lowest BCUT2D eigenvalue weighted by Gasteiger charge is -2.34. The molecule has 1 aliphatic rings. The van der Waals surface area contributed by atoms with Gasteiger partial charge in [0.2, 0.25) is 0 Å². The summed E-state index contributed by atoms with van der Waals surface area (Å²) in [7, 11) is 0. The molecule has 2 aromatic carbocycles. The van der Waals surface area contributed by atoms with Crippen LogP contribution in [0, 0.1) is 28.4 Å². The zero-order valence-corrected chi connectivity index (χ0v) is 17.7. The Labute approximate surface area is 186 Å². The summed E-state index contributed by atoms with van der Waals surface area (Å²) in [6.45, 7) is 0.953. The Bertz CT molecular complexity index is 1010. The molecule has 0 aromatic heterocycles. The van der Waals surface area contributed by atoms with Gasteiger partial charge in [0.15, 0.2) is 6.61 Å². The maximum absolute atomic E-state index is 12.7. The summed E-state index contributed by atoms with van der Waals surface area (Å²) in [4.78, 5) is 37.1. The quantitative estimate of drug-likeness (QED) is 0.296. The van der Waals surface area contributed by atoms with Crippen LogP contribution in [-0.2, 0) is 16.0 Å². The third kappa shape index (κ3) is 6.08. The number of benzene rings is 2. The minimum atomic E-state index is -0.786. The van der Waals surface area contributed by atoms with E-state index >= 15 is 0 Å². The SMILES string of the molecule is C#CCNC(=O)COC(=O)c1cc([N+](=O)[O-])ccc1N1CCC(Cc2ccccc2)CC1. The average Bonchev–Trinajstić information content (AvgIpc) is 2.82. The molecule has 0 unspecified atom stereocenters. The Morgan fingerprint density at radius 3 is 2.56 bits per heavy atom. The van der Waals surface area contributed by atoms with Gasteiger partial charge in [-0.1, -0.05) is 36.3 Å². The lowest BCUT2D eigenvalue weighted by atomic mass is 9.90. The van der Waals surface area contributed by atoms with Gasteiger partial charge >= 0.3 is 5.97 Å². The molecule has 0 saturated carbocycles. The van der Waals surface area contributed by atoms with Gasteiger partial charge in [-0.2, -0.15) is 0 Å². The largest absolute Gasteiger partial charge is 0.452 e. The van der Waals surface area contributed by atoms with E-state index in [1.165, 1.54) is 17.7 Å². The number of carbonyl (C=O) groups is 2. The van der Waals surface area contributed by atoms with Crippen molar-refractivity contribution in [2.75, 3.05) is 31.1 Å². The van der Waals surface area contributed by atoms with Crippen LogP contribution in [0.25, 0.3) is 0 Å². The number of rotatable bonds is 8. The molecular weight excluding hydrogens is 410 g/mol. The Balaban J connectivity index is 1.69. The maximum atomic E-state index is 12.7. The van der Waals surface area contributed by atoms with Crippen LogP contribution in [0.5, 0.6) is 0 Å². The van der Waals surface area contributed by atoms with Gasteiger partial charge in [-0.25, -0.2) is 4.79 Å². The van der Waals surface area contributed by atoms with Gasteiger partial charge < -0.3 is 15.0 Å². The van der Waals surface area contributed by atoms with Crippen molar-refractivity contribution >= 4 is 23.3 Å². The molecule has 166 valence electrons. The van der Waals surface area contributed by atoms with Gasteiger partial charge in [0.05, 0.1) is 22.7 Å². The first kappa shape index (κ1) is 22.8. The molecular formula is C24H25N3O5. The Morgan fingerprint density at radius 2 is 1.91 bits per heavy atom. The topological polar surface area (TPSA) is 102 Å². The molecule has 2 aromatic rings. The first-order chi connectivity index (χ1) is 15.5. The van der Waals surface area contributed by atoms with E-state index in [4.69, 9.17) is 11.2 Å². The first-order valence-electron chi connectivity index (χ1n) is 10.4. The zero-order valence-electron chi connectivity index (χ0n) is 17.7. The summed E-state index contributed by atoms with van der Waals surface area (Å²) >= 11 is 0. The van der Waals surface area contributed by atoms with Crippen molar-refractivity contribution in [3.05, 3.63) is 69.8 Å². The molecule has 0 aliphatic carbocycles. The molecule has 8 nitrogen and oxygen atoms in total. The van der Waals surface area contributed by atoms with Crippen molar-refractivity contribution in [1.29, 1.82) is 0 Å². The van der Waals surface area contributed by atoms with Gasteiger partial charge in [-0.3, -0.25) is 14.9 Å². The first-order valence-corrected chi connectivity index (χ1v) is 10.4. The highest BCUT2D eigenvalue weighted by molar-refractivity contribution is 5.97. The number of carbonyl (C=O) groups excluding carboxylic acids is 2. The lowest BCUT2D eigenvalue weighted by Crippen LogP contribution is -2.35. The fraction of sp³-hybridized carbons (Fsp3) is 0.333. The molecule has 0 spiro atoms. The molecule has 0 radical (unpaired) electrons. The van der Waals surface area contributed by atoms with E-state index in [1.807, 2.05) is 23.1 Å². The van der Waals surface area contributed by atoms with E-state index in [-0.39, 0.29) is 17.8 Å². The summed E-state index contributed by atoms with van der Waals surface area (Å²) in [5.74, 6) is 1.46. The minimum Gasteiger partial charge on any atom is -0.452 e. The van der Waals surface area contributed by atoms with Crippen LogP contribution in [0.2, 0.25) is 0 Å².